The van der Waals surface area contributed by atoms with E-state index in [1.54, 1.807) is 0 Å². The molecule has 0 saturated carbocycles. The zero-order valence-corrected chi connectivity index (χ0v) is 21.8. The third kappa shape index (κ3) is 6.96. The summed E-state index contributed by atoms with van der Waals surface area (Å²) in [5, 5.41) is 16.8. The molecule has 18 heteroatoms. The predicted octanol–water partition coefficient (Wildman–Crippen LogP) is -0.598. The molecule has 1 aromatic rings. The molecule has 2 fully saturated rings. The smallest absolute Gasteiger partial charge is 0.394 e. The summed E-state index contributed by atoms with van der Waals surface area (Å²) >= 11 is 2.39. The van der Waals surface area contributed by atoms with Crippen LogP contribution >= 0.6 is 23.1 Å². The first-order valence-corrected chi connectivity index (χ1v) is 13.9. The van der Waals surface area contributed by atoms with Gasteiger partial charge in [0.25, 0.3) is 11.8 Å². The number of aromatic nitrogens is 1. The van der Waals surface area contributed by atoms with Crippen LogP contribution < -0.4 is 11.1 Å². The average molecular weight is 584 g/mol. The van der Waals surface area contributed by atoms with Crippen molar-refractivity contribution in [2.24, 2.45) is 5.16 Å². The molecular weight excluding hydrogens is 553 g/mol. The summed E-state index contributed by atoms with van der Waals surface area (Å²) in [4.78, 5) is 47.7. The number of nitrogens with two attached hydrogens (primary N) is 1. The van der Waals surface area contributed by atoms with Gasteiger partial charge in [0, 0.05) is 29.5 Å². The summed E-state index contributed by atoms with van der Waals surface area (Å²) in [6.07, 6.45) is 2.16. The van der Waals surface area contributed by atoms with Crippen LogP contribution in [0.2, 0.25) is 0 Å². The number of nitrogens with one attached hydrogen (secondary N) is 1. The molecule has 204 valence electrons. The number of amides is 2. The molecule has 2 amide bonds. The number of hydrogen-bond acceptors (Lipinski definition) is 11. The minimum Gasteiger partial charge on any atom is -0.477 e. The molecule has 6 N–H and O–H groups in total. The number of carbonyl (C=O) groups is 3. The Morgan fingerprint density at radius 2 is 2.05 bits per heavy atom. The number of likely N-dealkylation sites (tertiary alicyclic amines) is 1. The van der Waals surface area contributed by atoms with E-state index in [1.807, 2.05) is 0 Å². The number of quaternary nitrogens is 1. The van der Waals surface area contributed by atoms with Gasteiger partial charge in [-0.15, -0.1) is 23.1 Å². The molecule has 2 atom stereocenters. The quantitative estimate of drug-likeness (QED) is 0.0678. The number of carboxylic acid groups (broad SMARTS) is 1. The maximum Gasteiger partial charge on any atom is 0.394 e. The Morgan fingerprint density at radius 1 is 1.41 bits per heavy atom. The van der Waals surface area contributed by atoms with E-state index in [1.165, 1.54) is 22.0 Å². The van der Waals surface area contributed by atoms with Crippen LogP contribution in [0.1, 0.15) is 22.6 Å². The number of β-lactam (4-membered cyclic amide) rings is 1. The number of carbonyl (C=O) groups excluding carboxylic acids is 2. The van der Waals surface area contributed by atoms with Crippen LogP contribution in [-0.2, 0) is 29.6 Å². The lowest BCUT2D eigenvalue weighted by molar-refractivity contribution is -0.893. The van der Waals surface area contributed by atoms with Crippen LogP contribution in [0, 0.1) is 0 Å². The van der Waals surface area contributed by atoms with Crippen LogP contribution in [-0.4, -0.2) is 111 Å². The number of anilines is 1. The molecule has 0 aliphatic carbocycles. The molecule has 3 aliphatic heterocycles. The Bertz CT molecular complexity index is 1330. The second-order valence-electron chi connectivity index (χ2n) is 8.60. The molecule has 4 rings (SSSR count). The molecule has 3 aliphatic rings. The molecule has 15 nitrogen and oxygen atoms in total. The van der Waals surface area contributed by atoms with Crippen molar-refractivity contribution in [2.75, 3.05) is 45.2 Å². The van der Waals surface area contributed by atoms with Gasteiger partial charge in [0.2, 0.25) is 0 Å². The van der Waals surface area contributed by atoms with E-state index < -0.39 is 52.3 Å². The van der Waals surface area contributed by atoms with Gasteiger partial charge in [0.15, 0.2) is 10.8 Å². The molecule has 37 heavy (non-hydrogen) atoms. The average Bonchev–Trinajstić information content (AvgIpc) is 3.43. The van der Waals surface area contributed by atoms with Gasteiger partial charge < -0.3 is 25.5 Å². The van der Waals surface area contributed by atoms with E-state index in [9.17, 15) is 19.5 Å². The molecule has 4 heterocycles. The van der Waals surface area contributed by atoms with E-state index >= 15 is 0 Å². The fraction of sp³-hybridized carbons (Fsp3) is 0.526. The Kier molecular flexibility index (Phi) is 7.51. The molecule has 0 unspecified atom stereocenters. The number of rotatable bonds is 7. The largest absolute Gasteiger partial charge is 0.477 e. The first-order valence-electron chi connectivity index (χ1n) is 12.1. The number of aliphatic carboxylic acids is 1. The van der Waals surface area contributed by atoms with Crippen molar-refractivity contribution in [1.29, 1.82) is 0 Å². The van der Waals surface area contributed by atoms with Gasteiger partial charge in [-0.25, -0.2) is 9.78 Å². The Morgan fingerprint density at radius 3 is 2.59 bits per heavy atom. The number of likely N-dealkylation sites (N-methyl/N-ethyl adjacent to an activating group) is 1. The van der Waals surface area contributed by atoms with Crippen molar-refractivity contribution in [3.63, 3.8) is 0 Å². The van der Waals surface area contributed by atoms with Gasteiger partial charge in [0.05, 0.1) is 24.2 Å². The predicted molar refractivity (Wildman–Crippen MR) is 134 cm³/mol. The minimum absolute atomic E-state index is 0.00911. The van der Waals surface area contributed by atoms with Crippen molar-refractivity contribution in [1.82, 2.24) is 15.2 Å². The fourth-order valence-electron chi connectivity index (χ4n) is 4.38. The fourth-order valence-corrected chi connectivity index (χ4v) is 6.26. The second kappa shape index (κ2) is 11.3. The molecule has 0 bridgehead atoms. The maximum absolute atomic E-state index is 13.0. The number of nitrogens with zero attached hydrogens (tertiary/aromatic N) is 4. The lowest BCUT2D eigenvalue weighted by Crippen LogP contribution is -2.71. The molecule has 2 saturated heterocycles. The monoisotopic (exact) mass is 583 g/mol. The van der Waals surface area contributed by atoms with E-state index in [4.69, 9.17) is 27.4 Å². The van der Waals surface area contributed by atoms with E-state index in [0.717, 1.165) is 41.8 Å². The highest BCUT2D eigenvalue weighted by molar-refractivity contribution is 8.00. The van der Waals surface area contributed by atoms with Crippen molar-refractivity contribution in [3.05, 3.63) is 22.3 Å². The number of thioether (sulfide) groups is 1. The van der Waals surface area contributed by atoms with E-state index in [2.05, 4.69) is 27.3 Å². The van der Waals surface area contributed by atoms with E-state index in [-0.39, 0.29) is 16.5 Å². The number of hydrogen-bond donors (Lipinski definition) is 5. The minimum atomic E-state index is -4.67. The normalized spacial score (nSPS) is 24.5. The molecular formula is C19H27N6O9S3+. The SMILES string of the molecule is O=S(=O)(O)O.[2H][13C]([2H])([2H])O/N=C(\C(=O)N[C@@H]1C(=O)N2C(C(=O)O)=C(C[N+]3(C)CCCC3)CS[C@H]12)c1csc(N)n1. The van der Waals surface area contributed by atoms with Crippen LogP contribution in [0.5, 0.6) is 0 Å². The summed E-state index contributed by atoms with van der Waals surface area (Å²) in [6.45, 7) is 2.47. The Hall–Kier alpha value is -2.77. The standard InChI is InChI=1S/C19H24N6O5S2.H2O4S/c1-25(5-3-4-6-25)7-10-8-31-17-13(16(27)24(17)14(10)18(28)29)22-15(26)12(23-30-2)11-9-32-19(20)21-11;1-5(2,3)4/h9,13,17H,3-8H2,1-2H3,(H3-,20,21,22,26,28,29);(H2,1,2,3,4)/p+1/b23-12-;/t13-,17-;/m1./s1/i2+1D3;. The highest BCUT2D eigenvalue weighted by Crippen LogP contribution is 2.41. The lowest BCUT2D eigenvalue weighted by atomic mass is 10.0. The third-order valence-corrected chi connectivity index (χ3v) is 7.88. The van der Waals surface area contributed by atoms with Crippen LogP contribution in [0.4, 0.5) is 5.13 Å². The van der Waals surface area contributed by atoms with Gasteiger partial charge in [-0.3, -0.25) is 23.6 Å². The number of fused-ring (bicyclic) bond motifs is 1. The molecule has 1 aromatic heterocycles. The number of carboxylic acids is 1. The van der Waals surface area contributed by atoms with Gasteiger partial charge in [-0.2, -0.15) is 8.42 Å². The summed E-state index contributed by atoms with van der Waals surface area (Å²) < 4.78 is 53.8. The van der Waals surface area contributed by atoms with Gasteiger partial charge in [-0.05, 0) is 0 Å². The first kappa shape index (κ1) is 24.6. The zero-order valence-electron chi connectivity index (χ0n) is 22.4. The maximum atomic E-state index is 13.0. The number of nitrogen functional groups attached to an aromatic ring is 1. The van der Waals surface area contributed by atoms with Crippen molar-refractivity contribution < 1.29 is 50.4 Å². The number of thiazole rings is 1. The van der Waals surface area contributed by atoms with Crippen LogP contribution in [0.25, 0.3) is 0 Å². The lowest BCUT2D eigenvalue weighted by Gasteiger charge is -2.49. The number of oxime groups is 1. The van der Waals surface area contributed by atoms with Crippen LogP contribution in [0.15, 0.2) is 21.8 Å². The highest BCUT2D eigenvalue weighted by Gasteiger charge is 2.55. The van der Waals surface area contributed by atoms with Crippen molar-refractivity contribution in [3.8, 4) is 0 Å². The second-order valence-corrected chi connectivity index (χ2v) is 11.5. The van der Waals surface area contributed by atoms with Crippen molar-refractivity contribution in [2.45, 2.75) is 24.3 Å². The summed E-state index contributed by atoms with van der Waals surface area (Å²) in [5.41, 5.74) is 5.82. The van der Waals surface area contributed by atoms with Gasteiger partial charge in [0.1, 0.15) is 36.4 Å². The van der Waals surface area contributed by atoms with Crippen LogP contribution in [0.3, 0.4) is 0 Å². The molecule has 0 spiro atoms. The molecule has 0 aromatic carbocycles. The Balaban J connectivity index is 0.000000810. The first-order chi connectivity index (χ1) is 18.4. The van der Waals surface area contributed by atoms with E-state index in [0.29, 0.717) is 17.9 Å². The summed E-state index contributed by atoms with van der Waals surface area (Å²) in [7, 11) is -5.48. The topological polar surface area (TPSA) is 222 Å². The van der Waals surface area contributed by atoms with Gasteiger partial charge >= 0.3 is 16.4 Å². The highest BCUT2D eigenvalue weighted by atomic mass is 32.3. The van der Waals surface area contributed by atoms with Crippen molar-refractivity contribution >= 4 is 62.1 Å². The Labute approximate surface area is 224 Å². The summed E-state index contributed by atoms with van der Waals surface area (Å²) in [6, 6.07) is -1.02. The van der Waals surface area contributed by atoms with Gasteiger partial charge in [-0.1, -0.05) is 5.16 Å². The zero-order chi connectivity index (χ0) is 30.0. The third-order valence-electron chi connectivity index (χ3n) is 5.87. The summed E-state index contributed by atoms with van der Waals surface area (Å²) in [5.74, 6) is -2.22. The molecule has 0 radical (unpaired) electrons.